The molecule has 0 atom stereocenters. The van der Waals surface area contributed by atoms with Gasteiger partial charge >= 0.3 is 0 Å². The van der Waals surface area contributed by atoms with Crippen LogP contribution < -0.4 is 10.9 Å². The van der Waals surface area contributed by atoms with Gasteiger partial charge in [-0.25, -0.2) is 13.1 Å². The molecule has 0 saturated heterocycles. The van der Waals surface area contributed by atoms with Crippen LogP contribution in [0.5, 0.6) is 0 Å². The van der Waals surface area contributed by atoms with Crippen LogP contribution in [0.4, 0.5) is 5.69 Å². The number of sulfone groups is 1. The largest absolute Gasteiger partial charge is 0.384 e. The molecule has 1 aromatic rings. The minimum atomic E-state index is -3.09. The molecule has 0 spiro atoms. The molecule has 0 aromatic carbocycles. The quantitative estimate of drug-likeness (QED) is 0.768. The first-order valence-electron chi connectivity index (χ1n) is 6.50. The molecule has 0 radical (unpaired) electrons. The SMILES string of the molecule is CCCNc1cnn(CCS(=O)(=O)CCC)c(=O)c1. The molecule has 1 rings (SSSR count). The van der Waals surface area contributed by atoms with Gasteiger partial charge in [-0.15, -0.1) is 0 Å². The lowest BCUT2D eigenvalue weighted by atomic mass is 10.4. The van der Waals surface area contributed by atoms with Gasteiger partial charge in [0.2, 0.25) is 0 Å². The molecule has 1 N–H and O–H groups in total. The first-order chi connectivity index (χ1) is 8.98. The van der Waals surface area contributed by atoms with Gasteiger partial charge < -0.3 is 5.32 Å². The smallest absolute Gasteiger partial charge is 0.268 e. The first-order valence-corrected chi connectivity index (χ1v) is 8.32. The summed E-state index contributed by atoms with van der Waals surface area (Å²) in [6.07, 6.45) is 3.09. The summed E-state index contributed by atoms with van der Waals surface area (Å²) in [4.78, 5) is 11.7. The van der Waals surface area contributed by atoms with E-state index in [9.17, 15) is 13.2 Å². The fraction of sp³-hybridized carbons (Fsp3) is 0.667. The van der Waals surface area contributed by atoms with Crippen molar-refractivity contribution in [2.24, 2.45) is 0 Å². The van der Waals surface area contributed by atoms with Gasteiger partial charge in [0.05, 0.1) is 24.2 Å². The van der Waals surface area contributed by atoms with Gasteiger partial charge in [-0.3, -0.25) is 4.79 Å². The maximum absolute atomic E-state index is 11.7. The molecular formula is C12H21N3O3S. The molecule has 7 heteroatoms. The summed E-state index contributed by atoms with van der Waals surface area (Å²) in [6, 6.07) is 1.44. The van der Waals surface area contributed by atoms with Crippen LogP contribution in [0.3, 0.4) is 0 Å². The second-order valence-electron chi connectivity index (χ2n) is 4.38. The standard InChI is InChI=1S/C12H21N3O3S/c1-3-5-13-11-9-12(16)15(14-10-11)6-8-19(17,18)7-4-2/h9-10,13H,3-8H2,1-2H3. The highest BCUT2D eigenvalue weighted by Gasteiger charge is 2.10. The zero-order chi connectivity index (χ0) is 14.3. The third-order valence-electron chi connectivity index (χ3n) is 2.58. The second kappa shape index (κ2) is 7.28. The Labute approximate surface area is 113 Å². The van der Waals surface area contributed by atoms with E-state index in [1.54, 1.807) is 6.20 Å². The normalized spacial score (nSPS) is 11.5. The van der Waals surface area contributed by atoms with Crippen molar-refractivity contribution in [3.63, 3.8) is 0 Å². The summed E-state index contributed by atoms with van der Waals surface area (Å²) in [5, 5.41) is 7.03. The van der Waals surface area contributed by atoms with E-state index in [0.717, 1.165) is 13.0 Å². The Kier molecular flexibility index (Phi) is 6.01. The van der Waals surface area contributed by atoms with Crippen molar-refractivity contribution in [3.05, 3.63) is 22.6 Å². The number of hydrogen-bond acceptors (Lipinski definition) is 5. The Bertz CT molecular complexity index is 552. The number of aromatic nitrogens is 2. The van der Waals surface area contributed by atoms with Gasteiger partial charge in [-0.1, -0.05) is 13.8 Å². The fourth-order valence-corrected chi connectivity index (χ4v) is 2.88. The number of rotatable bonds is 8. The lowest BCUT2D eigenvalue weighted by Gasteiger charge is -2.07. The maximum Gasteiger partial charge on any atom is 0.268 e. The number of hydrogen-bond donors (Lipinski definition) is 1. The molecule has 0 aliphatic rings. The summed E-state index contributed by atoms with van der Waals surface area (Å²) in [7, 11) is -3.09. The molecule has 108 valence electrons. The first kappa shape index (κ1) is 15.7. The average Bonchev–Trinajstić information content (AvgIpc) is 2.35. The molecule has 19 heavy (non-hydrogen) atoms. The minimum absolute atomic E-state index is 0.0461. The van der Waals surface area contributed by atoms with E-state index >= 15 is 0 Å². The van der Waals surface area contributed by atoms with Crippen LogP contribution in [0, 0.1) is 0 Å². The van der Waals surface area contributed by atoms with Gasteiger partial charge in [0.25, 0.3) is 5.56 Å². The zero-order valence-corrected chi connectivity index (χ0v) is 12.2. The fourth-order valence-electron chi connectivity index (χ4n) is 1.61. The summed E-state index contributed by atoms with van der Waals surface area (Å²) >= 11 is 0. The van der Waals surface area contributed by atoms with E-state index in [0.29, 0.717) is 12.1 Å². The van der Waals surface area contributed by atoms with E-state index in [1.165, 1.54) is 10.7 Å². The van der Waals surface area contributed by atoms with E-state index in [1.807, 2.05) is 13.8 Å². The van der Waals surface area contributed by atoms with Crippen LogP contribution in [0.1, 0.15) is 26.7 Å². The Hall–Kier alpha value is -1.37. The van der Waals surface area contributed by atoms with Gasteiger partial charge in [-0.2, -0.15) is 5.10 Å². The third-order valence-corrected chi connectivity index (χ3v) is 4.41. The lowest BCUT2D eigenvalue weighted by Crippen LogP contribution is -2.27. The van der Waals surface area contributed by atoms with Crippen molar-refractivity contribution in [2.75, 3.05) is 23.4 Å². The minimum Gasteiger partial charge on any atom is -0.384 e. The van der Waals surface area contributed by atoms with E-state index in [-0.39, 0.29) is 23.6 Å². The molecule has 0 unspecified atom stereocenters. The molecule has 1 heterocycles. The van der Waals surface area contributed by atoms with Crippen molar-refractivity contribution >= 4 is 15.5 Å². The molecule has 1 aromatic heterocycles. The summed E-state index contributed by atoms with van der Waals surface area (Å²) in [5.41, 5.74) is 0.382. The second-order valence-corrected chi connectivity index (χ2v) is 6.69. The Morgan fingerprint density at radius 1 is 1.26 bits per heavy atom. The summed E-state index contributed by atoms with van der Waals surface area (Å²) < 4.78 is 24.3. The van der Waals surface area contributed by atoms with Crippen molar-refractivity contribution in [1.82, 2.24) is 9.78 Å². The van der Waals surface area contributed by atoms with Crippen molar-refractivity contribution in [2.45, 2.75) is 33.2 Å². The van der Waals surface area contributed by atoms with Crippen molar-refractivity contribution < 1.29 is 8.42 Å². The molecular weight excluding hydrogens is 266 g/mol. The van der Waals surface area contributed by atoms with E-state index < -0.39 is 9.84 Å². The van der Waals surface area contributed by atoms with E-state index in [4.69, 9.17) is 0 Å². The predicted molar refractivity (Wildman–Crippen MR) is 76.2 cm³/mol. The summed E-state index contributed by atoms with van der Waals surface area (Å²) in [6.45, 7) is 4.72. The van der Waals surface area contributed by atoms with Crippen LogP contribution >= 0.6 is 0 Å². The monoisotopic (exact) mass is 287 g/mol. The molecule has 0 aliphatic heterocycles. The number of nitrogens with zero attached hydrogens (tertiary/aromatic N) is 2. The Balaban J connectivity index is 2.68. The topological polar surface area (TPSA) is 81.1 Å². The van der Waals surface area contributed by atoms with Gasteiger partial charge in [0, 0.05) is 18.4 Å². The molecule has 0 amide bonds. The van der Waals surface area contributed by atoms with E-state index in [2.05, 4.69) is 10.4 Å². The van der Waals surface area contributed by atoms with Crippen molar-refractivity contribution in [3.8, 4) is 0 Å². The molecule has 0 aliphatic carbocycles. The highest BCUT2D eigenvalue weighted by Crippen LogP contribution is 2.00. The number of anilines is 1. The van der Waals surface area contributed by atoms with Gasteiger partial charge in [0.15, 0.2) is 9.84 Å². The summed E-state index contributed by atoms with van der Waals surface area (Å²) in [5.74, 6) is 0.105. The molecule has 0 fully saturated rings. The van der Waals surface area contributed by atoms with Crippen LogP contribution in [0.2, 0.25) is 0 Å². The van der Waals surface area contributed by atoms with Gasteiger partial charge in [0.1, 0.15) is 0 Å². The van der Waals surface area contributed by atoms with Crippen LogP contribution in [-0.2, 0) is 16.4 Å². The highest BCUT2D eigenvalue weighted by molar-refractivity contribution is 7.91. The third kappa shape index (κ3) is 5.42. The van der Waals surface area contributed by atoms with Crippen LogP contribution in [0.25, 0.3) is 0 Å². The lowest BCUT2D eigenvalue weighted by molar-refractivity contribution is 0.570. The van der Waals surface area contributed by atoms with Crippen molar-refractivity contribution in [1.29, 1.82) is 0 Å². The predicted octanol–water partition coefficient (Wildman–Crippen LogP) is 0.890. The number of nitrogens with one attached hydrogen (secondary N) is 1. The molecule has 0 saturated carbocycles. The van der Waals surface area contributed by atoms with Crippen LogP contribution in [-0.4, -0.2) is 36.2 Å². The van der Waals surface area contributed by atoms with Crippen LogP contribution in [0.15, 0.2) is 17.1 Å². The molecule has 6 nitrogen and oxygen atoms in total. The molecule has 0 bridgehead atoms. The maximum atomic E-state index is 11.7. The average molecular weight is 287 g/mol. The zero-order valence-electron chi connectivity index (χ0n) is 11.4. The van der Waals surface area contributed by atoms with Gasteiger partial charge in [-0.05, 0) is 12.8 Å². The number of aryl methyl sites for hydroxylation is 1. The Morgan fingerprint density at radius 2 is 2.00 bits per heavy atom. The Morgan fingerprint density at radius 3 is 2.58 bits per heavy atom. The highest BCUT2D eigenvalue weighted by atomic mass is 32.2.